The van der Waals surface area contributed by atoms with Crippen LogP contribution in [0, 0.1) is 17.6 Å². The monoisotopic (exact) mass is 282 g/mol. The van der Waals surface area contributed by atoms with E-state index >= 15 is 0 Å². The number of rotatable bonds is 2. The standard InChI is InChI=1S/C15H20F2N2O/c1-9-5-3-2-4-6-13(9)19-15(20)11-7-10(16)8-12(18)14(11)17/h7-9,13H,2-6,18H2,1H3,(H,19,20). The Morgan fingerprint density at radius 2 is 1.95 bits per heavy atom. The number of carbonyl (C=O) groups is 1. The SMILES string of the molecule is CC1CCCCCC1NC(=O)c1cc(F)cc(N)c1F. The van der Waals surface area contributed by atoms with E-state index in [1.54, 1.807) is 0 Å². The molecule has 0 heterocycles. The molecule has 0 spiro atoms. The van der Waals surface area contributed by atoms with Gasteiger partial charge in [0.25, 0.3) is 5.91 Å². The van der Waals surface area contributed by atoms with Crippen molar-refractivity contribution in [2.75, 3.05) is 5.73 Å². The Bertz CT molecular complexity index is 505. The highest BCUT2D eigenvalue weighted by molar-refractivity contribution is 5.95. The third-order valence-electron chi connectivity index (χ3n) is 3.99. The normalized spacial score (nSPS) is 23.1. The maximum absolute atomic E-state index is 13.8. The number of nitrogen functional groups attached to an aromatic ring is 1. The minimum Gasteiger partial charge on any atom is -0.396 e. The van der Waals surface area contributed by atoms with E-state index < -0.39 is 17.5 Å². The molecule has 1 aliphatic carbocycles. The molecule has 2 atom stereocenters. The van der Waals surface area contributed by atoms with Gasteiger partial charge in [-0.05, 0) is 30.9 Å². The fourth-order valence-electron chi connectivity index (χ4n) is 2.73. The lowest BCUT2D eigenvalue weighted by molar-refractivity contribution is 0.0917. The summed E-state index contributed by atoms with van der Waals surface area (Å²) in [4.78, 5) is 12.1. The minimum absolute atomic E-state index is 0.00823. The second-order valence-electron chi connectivity index (χ2n) is 5.55. The van der Waals surface area contributed by atoms with Gasteiger partial charge in [0.15, 0.2) is 5.82 Å². The summed E-state index contributed by atoms with van der Waals surface area (Å²) in [5.74, 6) is -1.81. The van der Waals surface area contributed by atoms with Crippen LogP contribution in [0.2, 0.25) is 0 Å². The zero-order chi connectivity index (χ0) is 14.7. The summed E-state index contributed by atoms with van der Waals surface area (Å²) >= 11 is 0. The molecule has 1 aliphatic rings. The van der Waals surface area contributed by atoms with E-state index in [-0.39, 0.29) is 17.3 Å². The predicted molar refractivity (Wildman–Crippen MR) is 74.3 cm³/mol. The van der Waals surface area contributed by atoms with Crippen molar-refractivity contribution in [3.8, 4) is 0 Å². The molecule has 0 aromatic heterocycles. The average Bonchev–Trinajstić information content (AvgIpc) is 2.59. The lowest BCUT2D eigenvalue weighted by Crippen LogP contribution is -2.39. The van der Waals surface area contributed by atoms with Crippen LogP contribution in [-0.4, -0.2) is 11.9 Å². The maximum Gasteiger partial charge on any atom is 0.254 e. The fourth-order valence-corrected chi connectivity index (χ4v) is 2.73. The van der Waals surface area contributed by atoms with Gasteiger partial charge in [0.05, 0.1) is 11.3 Å². The number of amides is 1. The molecule has 5 heteroatoms. The van der Waals surface area contributed by atoms with Crippen LogP contribution in [0.1, 0.15) is 49.4 Å². The van der Waals surface area contributed by atoms with Crippen molar-refractivity contribution in [2.24, 2.45) is 5.92 Å². The first-order valence-corrected chi connectivity index (χ1v) is 7.04. The lowest BCUT2D eigenvalue weighted by atomic mass is 9.96. The Labute approximate surface area is 117 Å². The van der Waals surface area contributed by atoms with Crippen LogP contribution in [0.4, 0.5) is 14.5 Å². The second-order valence-corrected chi connectivity index (χ2v) is 5.55. The van der Waals surface area contributed by atoms with E-state index in [9.17, 15) is 13.6 Å². The van der Waals surface area contributed by atoms with Gasteiger partial charge in [0.2, 0.25) is 0 Å². The first-order chi connectivity index (χ1) is 9.49. The molecular weight excluding hydrogens is 262 g/mol. The smallest absolute Gasteiger partial charge is 0.254 e. The lowest BCUT2D eigenvalue weighted by Gasteiger charge is -2.23. The highest BCUT2D eigenvalue weighted by atomic mass is 19.1. The van der Waals surface area contributed by atoms with Crippen molar-refractivity contribution in [1.82, 2.24) is 5.32 Å². The summed E-state index contributed by atoms with van der Waals surface area (Å²) in [6.45, 7) is 2.08. The van der Waals surface area contributed by atoms with Gasteiger partial charge < -0.3 is 11.1 Å². The number of hydrogen-bond donors (Lipinski definition) is 2. The molecule has 1 fully saturated rings. The first kappa shape index (κ1) is 14.8. The molecule has 0 radical (unpaired) electrons. The predicted octanol–water partition coefficient (Wildman–Crippen LogP) is 3.25. The molecule has 2 rings (SSSR count). The van der Waals surface area contributed by atoms with Crippen LogP contribution in [0.25, 0.3) is 0 Å². The number of hydrogen-bond acceptors (Lipinski definition) is 2. The minimum atomic E-state index is -0.856. The number of halogens is 2. The van der Waals surface area contributed by atoms with Gasteiger partial charge in [-0.3, -0.25) is 4.79 Å². The Morgan fingerprint density at radius 3 is 2.70 bits per heavy atom. The number of nitrogens with two attached hydrogens (primary N) is 1. The zero-order valence-electron chi connectivity index (χ0n) is 11.6. The molecular formula is C15H20F2N2O. The molecule has 1 saturated carbocycles. The molecule has 3 nitrogen and oxygen atoms in total. The quantitative estimate of drug-likeness (QED) is 0.646. The molecule has 3 N–H and O–H groups in total. The van der Waals surface area contributed by atoms with Crippen LogP contribution in [0.3, 0.4) is 0 Å². The molecule has 1 aromatic rings. The third-order valence-corrected chi connectivity index (χ3v) is 3.99. The molecule has 2 unspecified atom stereocenters. The van der Waals surface area contributed by atoms with E-state index in [0.29, 0.717) is 5.92 Å². The first-order valence-electron chi connectivity index (χ1n) is 7.04. The Balaban J connectivity index is 2.15. The van der Waals surface area contributed by atoms with Crippen LogP contribution in [-0.2, 0) is 0 Å². The zero-order valence-corrected chi connectivity index (χ0v) is 11.6. The summed E-state index contributed by atoms with van der Waals surface area (Å²) in [6.07, 6.45) is 5.26. The summed E-state index contributed by atoms with van der Waals surface area (Å²) in [5, 5.41) is 2.82. The third kappa shape index (κ3) is 3.26. The number of carbonyl (C=O) groups excluding carboxylic acids is 1. The molecule has 1 aromatic carbocycles. The van der Waals surface area contributed by atoms with Gasteiger partial charge in [0, 0.05) is 6.04 Å². The van der Waals surface area contributed by atoms with Crippen LogP contribution in [0.5, 0.6) is 0 Å². The molecule has 110 valence electrons. The van der Waals surface area contributed by atoms with Gasteiger partial charge in [-0.25, -0.2) is 8.78 Å². The summed E-state index contributed by atoms with van der Waals surface area (Å²) in [5.41, 5.74) is 4.69. The van der Waals surface area contributed by atoms with Crippen molar-refractivity contribution in [1.29, 1.82) is 0 Å². The van der Waals surface area contributed by atoms with E-state index in [4.69, 9.17) is 5.73 Å². The van der Waals surface area contributed by atoms with Gasteiger partial charge in [-0.2, -0.15) is 0 Å². The van der Waals surface area contributed by atoms with Gasteiger partial charge >= 0.3 is 0 Å². The van der Waals surface area contributed by atoms with Crippen LogP contribution in [0.15, 0.2) is 12.1 Å². The second kappa shape index (κ2) is 6.20. The van der Waals surface area contributed by atoms with E-state index in [1.165, 1.54) is 0 Å². The van der Waals surface area contributed by atoms with Crippen molar-refractivity contribution in [3.63, 3.8) is 0 Å². The van der Waals surface area contributed by atoms with Crippen molar-refractivity contribution >= 4 is 11.6 Å². The molecule has 0 bridgehead atoms. The average molecular weight is 282 g/mol. The van der Waals surface area contributed by atoms with Crippen molar-refractivity contribution < 1.29 is 13.6 Å². The Morgan fingerprint density at radius 1 is 1.25 bits per heavy atom. The highest BCUT2D eigenvalue weighted by Gasteiger charge is 2.24. The number of nitrogens with one attached hydrogen (secondary N) is 1. The van der Waals surface area contributed by atoms with Crippen LogP contribution < -0.4 is 11.1 Å². The maximum atomic E-state index is 13.8. The van der Waals surface area contributed by atoms with Gasteiger partial charge in [0.1, 0.15) is 5.82 Å². The molecule has 20 heavy (non-hydrogen) atoms. The molecule has 0 aliphatic heterocycles. The highest BCUT2D eigenvalue weighted by Crippen LogP contribution is 2.24. The van der Waals surface area contributed by atoms with Crippen LogP contribution >= 0.6 is 0 Å². The topological polar surface area (TPSA) is 55.1 Å². The summed E-state index contributed by atoms with van der Waals surface area (Å²) in [7, 11) is 0. The van der Waals surface area contributed by atoms with Gasteiger partial charge in [-0.15, -0.1) is 0 Å². The van der Waals surface area contributed by atoms with E-state index in [0.717, 1.165) is 44.2 Å². The summed E-state index contributed by atoms with van der Waals surface area (Å²) < 4.78 is 27.1. The van der Waals surface area contributed by atoms with E-state index in [1.807, 2.05) is 0 Å². The molecule has 0 saturated heterocycles. The van der Waals surface area contributed by atoms with Crippen molar-refractivity contribution in [2.45, 2.75) is 45.1 Å². The van der Waals surface area contributed by atoms with Gasteiger partial charge in [-0.1, -0.05) is 26.2 Å². The Hall–Kier alpha value is -1.65. The van der Waals surface area contributed by atoms with Crippen molar-refractivity contribution in [3.05, 3.63) is 29.3 Å². The number of benzene rings is 1. The largest absolute Gasteiger partial charge is 0.396 e. The summed E-state index contributed by atoms with van der Waals surface area (Å²) in [6, 6.07) is 1.77. The fraction of sp³-hybridized carbons (Fsp3) is 0.533. The molecule has 1 amide bonds. The Kier molecular flexibility index (Phi) is 4.57. The van der Waals surface area contributed by atoms with E-state index in [2.05, 4.69) is 12.2 Å². The number of anilines is 1.